The Hall–Kier alpha value is -3.26. The second-order valence-corrected chi connectivity index (χ2v) is 8.08. The van der Waals surface area contributed by atoms with Crippen molar-refractivity contribution in [3.05, 3.63) is 81.7 Å². The van der Waals surface area contributed by atoms with Crippen molar-refractivity contribution in [2.45, 2.75) is 37.5 Å². The van der Waals surface area contributed by atoms with Gasteiger partial charge in [-0.25, -0.2) is 9.59 Å². The Kier molecular flexibility index (Phi) is 6.27. The lowest BCUT2D eigenvalue weighted by Gasteiger charge is -2.09. The van der Waals surface area contributed by atoms with E-state index in [1.54, 1.807) is 28.5 Å². The number of ether oxygens (including phenoxy) is 1. The number of hydrogen-bond acceptors (Lipinski definition) is 7. The molecule has 2 heterocycles. The van der Waals surface area contributed by atoms with Crippen molar-refractivity contribution in [1.82, 2.24) is 9.72 Å². The zero-order valence-corrected chi connectivity index (χ0v) is 18.1. The van der Waals surface area contributed by atoms with E-state index >= 15 is 0 Å². The lowest BCUT2D eigenvalue weighted by Crippen LogP contribution is -2.16. The van der Waals surface area contributed by atoms with E-state index in [0.717, 1.165) is 27.4 Å². The number of para-hydroxylation sites is 2. The third kappa shape index (κ3) is 4.59. The van der Waals surface area contributed by atoms with Crippen LogP contribution in [0.15, 0.2) is 67.2 Å². The van der Waals surface area contributed by atoms with Crippen LogP contribution in [0.25, 0.3) is 11.1 Å². The average molecular weight is 439 g/mol. The molecule has 0 unspecified atom stereocenters. The smallest absolute Gasteiger partial charge is 0.419 e. The minimum atomic E-state index is -0.409. The summed E-state index contributed by atoms with van der Waals surface area (Å²) in [5, 5.41) is 3.97. The van der Waals surface area contributed by atoms with E-state index in [4.69, 9.17) is 13.7 Å². The van der Waals surface area contributed by atoms with Gasteiger partial charge in [0.25, 0.3) is 0 Å². The zero-order chi connectivity index (χ0) is 21.8. The largest absolute Gasteiger partial charge is 0.462 e. The summed E-state index contributed by atoms with van der Waals surface area (Å²) < 4.78 is 17.5. The minimum absolute atomic E-state index is 0.202. The standard InChI is InChI=1S/C23H22N2O5S/c1-15-18(16(2)30-24-15)14-31-21-11-6-3-8-17(21)22(26)28-13-7-12-25-19-9-4-5-10-20(19)29-23(25)27/h3-6,8-11H,7,12-14H2,1-2H3. The second-order valence-electron chi connectivity index (χ2n) is 7.06. The zero-order valence-electron chi connectivity index (χ0n) is 17.3. The highest BCUT2D eigenvalue weighted by molar-refractivity contribution is 7.98. The average Bonchev–Trinajstić information content (AvgIpc) is 3.27. The number of fused-ring (bicyclic) bond motifs is 1. The number of carbonyl (C=O) groups is 1. The number of aryl methyl sites for hydroxylation is 3. The molecule has 0 fully saturated rings. The predicted octanol–water partition coefficient (Wildman–Crippen LogP) is 4.74. The highest BCUT2D eigenvalue weighted by Gasteiger charge is 2.16. The van der Waals surface area contributed by atoms with Crippen molar-refractivity contribution in [1.29, 1.82) is 0 Å². The molecular formula is C23H22N2O5S. The molecule has 0 saturated carbocycles. The Labute approximate surface area is 183 Å². The molecule has 4 rings (SSSR count). The molecule has 0 aliphatic heterocycles. The number of hydrogen-bond donors (Lipinski definition) is 0. The number of thioether (sulfide) groups is 1. The van der Waals surface area contributed by atoms with Gasteiger partial charge in [-0.2, -0.15) is 0 Å². The van der Waals surface area contributed by atoms with E-state index in [2.05, 4.69) is 5.16 Å². The van der Waals surface area contributed by atoms with Crippen LogP contribution in [-0.2, 0) is 17.0 Å². The van der Waals surface area contributed by atoms with Gasteiger partial charge in [0.05, 0.1) is 23.4 Å². The van der Waals surface area contributed by atoms with Gasteiger partial charge in [-0.3, -0.25) is 4.57 Å². The molecule has 2 aromatic carbocycles. The molecule has 0 aliphatic rings. The normalized spacial score (nSPS) is 11.2. The topological polar surface area (TPSA) is 87.5 Å². The molecule has 0 aliphatic carbocycles. The Balaban J connectivity index is 1.36. The van der Waals surface area contributed by atoms with Crippen molar-refractivity contribution in [2.24, 2.45) is 0 Å². The fourth-order valence-electron chi connectivity index (χ4n) is 3.31. The first-order valence-electron chi connectivity index (χ1n) is 9.93. The minimum Gasteiger partial charge on any atom is -0.462 e. The van der Waals surface area contributed by atoms with Crippen LogP contribution in [0.2, 0.25) is 0 Å². The van der Waals surface area contributed by atoms with Gasteiger partial charge in [0.15, 0.2) is 5.58 Å². The SMILES string of the molecule is Cc1noc(C)c1CSc1ccccc1C(=O)OCCCn1c(=O)oc2ccccc21. The molecule has 0 N–H and O–H groups in total. The molecular weight excluding hydrogens is 416 g/mol. The molecule has 0 spiro atoms. The number of oxazole rings is 1. The number of esters is 1. The maximum absolute atomic E-state index is 12.6. The molecule has 4 aromatic rings. The van der Waals surface area contributed by atoms with Crippen LogP contribution >= 0.6 is 11.8 Å². The van der Waals surface area contributed by atoms with Crippen LogP contribution in [0.1, 0.15) is 33.8 Å². The first kappa shape index (κ1) is 21.0. The Morgan fingerprint density at radius 2 is 1.90 bits per heavy atom. The maximum atomic E-state index is 12.6. The van der Waals surface area contributed by atoms with Crippen LogP contribution in [0.4, 0.5) is 0 Å². The number of carbonyl (C=O) groups excluding carboxylic acids is 1. The van der Waals surface area contributed by atoms with Crippen molar-refractivity contribution >= 4 is 28.8 Å². The van der Waals surface area contributed by atoms with Crippen molar-refractivity contribution in [3.63, 3.8) is 0 Å². The molecule has 0 radical (unpaired) electrons. The summed E-state index contributed by atoms with van der Waals surface area (Å²) in [5.74, 6) is 0.647. The molecule has 7 nitrogen and oxygen atoms in total. The van der Waals surface area contributed by atoms with Crippen molar-refractivity contribution in [3.8, 4) is 0 Å². The lowest BCUT2D eigenvalue weighted by molar-refractivity contribution is 0.0492. The number of aromatic nitrogens is 2. The lowest BCUT2D eigenvalue weighted by atomic mass is 10.2. The van der Waals surface area contributed by atoms with Crippen LogP contribution in [0.5, 0.6) is 0 Å². The van der Waals surface area contributed by atoms with Gasteiger partial charge < -0.3 is 13.7 Å². The third-order valence-corrected chi connectivity index (χ3v) is 6.09. The third-order valence-electron chi connectivity index (χ3n) is 4.99. The van der Waals surface area contributed by atoms with E-state index in [1.807, 2.05) is 50.2 Å². The van der Waals surface area contributed by atoms with Gasteiger partial charge in [-0.05, 0) is 44.5 Å². The molecule has 0 bridgehead atoms. The first-order valence-corrected chi connectivity index (χ1v) is 10.9. The molecule has 0 amide bonds. The Bertz CT molecular complexity index is 1250. The van der Waals surface area contributed by atoms with Gasteiger partial charge in [-0.15, -0.1) is 11.8 Å². The Morgan fingerprint density at radius 1 is 1.13 bits per heavy atom. The molecule has 8 heteroatoms. The highest BCUT2D eigenvalue weighted by atomic mass is 32.2. The molecule has 0 saturated heterocycles. The highest BCUT2D eigenvalue weighted by Crippen LogP contribution is 2.29. The van der Waals surface area contributed by atoms with Gasteiger partial charge in [0, 0.05) is 22.8 Å². The van der Waals surface area contributed by atoms with E-state index in [9.17, 15) is 9.59 Å². The maximum Gasteiger partial charge on any atom is 0.419 e. The fourth-order valence-corrected chi connectivity index (χ4v) is 4.50. The van der Waals surface area contributed by atoms with Crippen molar-refractivity contribution in [2.75, 3.05) is 6.61 Å². The van der Waals surface area contributed by atoms with Crippen LogP contribution in [0, 0.1) is 13.8 Å². The monoisotopic (exact) mass is 438 g/mol. The summed E-state index contributed by atoms with van der Waals surface area (Å²) in [6.07, 6.45) is 0.504. The molecule has 31 heavy (non-hydrogen) atoms. The summed E-state index contributed by atoms with van der Waals surface area (Å²) in [6.45, 7) is 4.39. The quantitative estimate of drug-likeness (QED) is 0.223. The van der Waals surface area contributed by atoms with Gasteiger partial charge in [0.2, 0.25) is 0 Å². The molecule has 2 aromatic heterocycles. The second kappa shape index (κ2) is 9.26. The van der Waals surface area contributed by atoms with E-state index < -0.39 is 5.76 Å². The molecule has 0 atom stereocenters. The van der Waals surface area contributed by atoms with E-state index in [-0.39, 0.29) is 12.6 Å². The Morgan fingerprint density at radius 3 is 2.71 bits per heavy atom. The fraction of sp³-hybridized carbons (Fsp3) is 0.261. The van der Waals surface area contributed by atoms with E-state index in [0.29, 0.717) is 29.9 Å². The summed E-state index contributed by atoms with van der Waals surface area (Å²) in [5.41, 5.74) is 3.69. The number of benzene rings is 2. The summed E-state index contributed by atoms with van der Waals surface area (Å²) in [7, 11) is 0. The van der Waals surface area contributed by atoms with Gasteiger partial charge in [0.1, 0.15) is 5.76 Å². The van der Waals surface area contributed by atoms with Crippen LogP contribution in [0.3, 0.4) is 0 Å². The van der Waals surface area contributed by atoms with Crippen molar-refractivity contribution < 1.29 is 18.5 Å². The van der Waals surface area contributed by atoms with Crippen LogP contribution < -0.4 is 5.76 Å². The van der Waals surface area contributed by atoms with Gasteiger partial charge >= 0.3 is 11.7 Å². The van der Waals surface area contributed by atoms with Gasteiger partial charge in [-0.1, -0.05) is 29.4 Å². The van der Waals surface area contributed by atoms with Crippen LogP contribution in [-0.4, -0.2) is 22.3 Å². The summed E-state index contributed by atoms with van der Waals surface area (Å²) >= 11 is 1.54. The summed E-state index contributed by atoms with van der Waals surface area (Å²) in [6, 6.07) is 14.6. The first-order chi connectivity index (χ1) is 15.0. The van der Waals surface area contributed by atoms with E-state index in [1.165, 1.54) is 0 Å². The molecule has 160 valence electrons. The number of rotatable bonds is 8. The predicted molar refractivity (Wildman–Crippen MR) is 117 cm³/mol. The summed E-state index contributed by atoms with van der Waals surface area (Å²) in [4.78, 5) is 25.5. The number of nitrogens with zero attached hydrogens (tertiary/aromatic N) is 2.